The Kier molecular flexibility index (Phi) is 5.63. The minimum absolute atomic E-state index is 0.181. The lowest BCUT2D eigenvalue weighted by Crippen LogP contribution is -2.06. The second-order valence-corrected chi connectivity index (χ2v) is 1.03. The summed E-state index contributed by atoms with van der Waals surface area (Å²) in [6.45, 7) is 0.940. The first-order chi connectivity index (χ1) is 3.91. The Morgan fingerprint density at radius 2 is 2.50 bits per heavy atom. The summed E-state index contributed by atoms with van der Waals surface area (Å²) in [5.41, 5.74) is 12.7. The summed E-state index contributed by atoms with van der Waals surface area (Å²) >= 11 is 0. The maximum atomic E-state index is 7.74. The number of ether oxygens (including phenoxy) is 1. The fourth-order valence-corrected chi connectivity index (χ4v) is 0.233. The van der Waals surface area contributed by atoms with Crippen LogP contribution in [0.4, 0.5) is 0 Å². The first-order valence-electron chi connectivity index (χ1n) is 2.20. The maximum absolute atomic E-state index is 7.74. The molecule has 0 atom stereocenters. The average Bonchev–Trinajstić information content (AvgIpc) is 1.81. The molecule has 46 valence electrons. The Balaban J connectivity index is 2.82. The maximum Gasteiger partial charge on any atom is 0.0940 e. The molecule has 0 aliphatic heterocycles. The van der Waals surface area contributed by atoms with Crippen LogP contribution < -0.4 is 5.73 Å². The highest BCUT2D eigenvalue weighted by atomic mass is 16.5. The quantitative estimate of drug-likeness (QED) is 0.187. The van der Waals surface area contributed by atoms with Crippen molar-refractivity contribution in [3.05, 3.63) is 10.4 Å². The lowest BCUT2D eigenvalue weighted by molar-refractivity contribution is 0.148. The molecule has 5 heteroatoms. The SMILES string of the molecule is [N-]=[N+]=NCCOCN. The van der Waals surface area contributed by atoms with Crippen molar-refractivity contribution in [1.29, 1.82) is 0 Å². The first kappa shape index (κ1) is 7.23. The molecule has 0 bridgehead atoms. The fourth-order valence-electron chi connectivity index (χ4n) is 0.233. The van der Waals surface area contributed by atoms with E-state index in [1.54, 1.807) is 0 Å². The van der Waals surface area contributed by atoms with Crippen LogP contribution in [0.1, 0.15) is 0 Å². The van der Waals surface area contributed by atoms with E-state index in [9.17, 15) is 0 Å². The third kappa shape index (κ3) is 5.23. The van der Waals surface area contributed by atoms with Gasteiger partial charge in [0.25, 0.3) is 0 Å². The molecule has 0 aliphatic carbocycles. The van der Waals surface area contributed by atoms with Crippen molar-refractivity contribution < 1.29 is 4.74 Å². The van der Waals surface area contributed by atoms with Crippen molar-refractivity contribution in [2.24, 2.45) is 10.8 Å². The number of nitrogens with two attached hydrogens (primary N) is 1. The van der Waals surface area contributed by atoms with Gasteiger partial charge in [0, 0.05) is 11.5 Å². The van der Waals surface area contributed by atoms with E-state index < -0.39 is 0 Å². The number of hydrogen-bond acceptors (Lipinski definition) is 3. The molecule has 0 aromatic carbocycles. The summed E-state index contributed by atoms with van der Waals surface area (Å²) in [5, 5.41) is 3.21. The number of rotatable bonds is 4. The van der Waals surface area contributed by atoms with Gasteiger partial charge >= 0.3 is 0 Å². The molecule has 0 aliphatic rings. The van der Waals surface area contributed by atoms with E-state index in [-0.39, 0.29) is 6.73 Å². The molecule has 5 nitrogen and oxygen atoms in total. The van der Waals surface area contributed by atoms with E-state index in [2.05, 4.69) is 14.8 Å². The molecule has 0 heterocycles. The summed E-state index contributed by atoms with van der Waals surface area (Å²) in [5.74, 6) is 0. The molecule has 0 aromatic rings. The Morgan fingerprint density at radius 1 is 1.75 bits per heavy atom. The van der Waals surface area contributed by atoms with Gasteiger partial charge in [-0.1, -0.05) is 5.11 Å². The van der Waals surface area contributed by atoms with Gasteiger partial charge in [-0.3, -0.25) is 0 Å². The zero-order valence-electron chi connectivity index (χ0n) is 4.45. The van der Waals surface area contributed by atoms with Crippen LogP contribution >= 0.6 is 0 Å². The normalized spacial score (nSPS) is 8.12. The van der Waals surface area contributed by atoms with Gasteiger partial charge in [-0.05, 0) is 5.53 Å². The van der Waals surface area contributed by atoms with Crippen LogP contribution in [0, 0.1) is 0 Å². The number of hydrogen-bond donors (Lipinski definition) is 1. The third-order valence-electron chi connectivity index (χ3n) is 0.517. The van der Waals surface area contributed by atoms with Crippen LogP contribution in [-0.2, 0) is 4.74 Å². The Labute approximate surface area is 47.1 Å². The Hall–Kier alpha value is -0.770. The first-order valence-corrected chi connectivity index (χ1v) is 2.20. The second-order valence-electron chi connectivity index (χ2n) is 1.03. The monoisotopic (exact) mass is 116 g/mol. The van der Waals surface area contributed by atoms with E-state index >= 15 is 0 Å². The Morgan fingerprint density at radius 3 is 3.00 bits per heavy atom. The lowest BCUT2D eigenvalue weighted by Gasteiger charge is -1.92. The van der Waals surface area contributed by atoms with Crippen molar-refractivity contribution in [1.82, 2.24) is 0 Å². The molecular formula is C3H8N4O. The highest BCUT2D eigenvalue weighted by Gasteiger charge is 1.77. The summed E-state index contributed by atoms with van der Waals surface area (Å²) in [6.07, 6.45) is 0. The summed E-state index contributed by atoms with van der Waals surface area (Å²) < 4.78 is 4.65. The van der Waals surface area contributed by atoms with Crippen molar-refractivity contribution >= 4 is 0 Å². The predicted molar refractivity (Wildman–Crippen MR) is 29.0 cm³/mol. The van der Waals surface area contributed by atoms with Gasteiger partial charge in [0.05, 0.1) is 13.3 Å². The predicted octanol–water partition coefficient (Wildman–Crippen LogP) is 0.230. The van der Waals surface area contributed by atoms with Crippen LogP contribution in [0.5, 0.6) is 0 Å². The van der Waals surface area contributed by atoms with Crippen LogP contribution in [0.25, 0.3) is 10.4 Å². The highest BCUT2D eigenvalue weighted by Crippen LogP contribution is 1.71. The Bertz CT molecular complexity index is 87.3. The smallest absolute Gasteiger partial charge is 0.0940 e. The summed E-state index contributed by atoms with van der Waals surface area (Å²) in [6, 6.07) is 0. The van der Waals surface area contributed by atoms with Gasteiger partial charge in [0.2, 0.25) is 0 Å². The van der Waals surface area contributed by atoms with Gasteiger partial charge < -0.3 is 10.5 Å². The lowest BCUT2D eigenvalue weighted by atomic mass is 10.7. The van der Waals surface area contributed by atoms with Crippen molar-refractivity contribution in [2.45, 2.75) is 0 Å². The molecule has 0 radical (unpaired) electrons. The molecule has 2 N–H and O–H groups in total. The van der Waals surface area contributed by atoms with E-state index in [0.29, 0.717) is 13.2 Å². The van der Waals surface area contributed by atoms with Crippen LogP contribution in [0.15, 0.2) is 5.11 Å². The van der Waals surface area contributed by atoms with E-state index in [0.717, 1.165) is 0 Å². The molecule has 0 spiro atoms. The molecular weight excluding hydrogens is 108 g/mol. The van der Waals surface area contributed by atoms with Gasteiger partial charge in [-0.15, -0.1) is 0 Å². The molecule has 0 fully saturated rings. The standard InChI is InChI=1S/C3H8N4O/c4-3-8-2-1-6-7-5/h1-4H2. The average molecular weight is 116 g/mol. The number of azide groups is 1. The fraction of sp³-hybridized carbons (Fsp3) is 1.00. The minimum atomic E-state index is 0.181. The molecule has 0 saturated carbocycles. The van der Waals surface area contributed by atoms with Crippen molar-refractivity contribution in [3.8, 4) is 0 Å². The van der Waals surface area contributed by atoms with Gasteiger partial charge in [-0.25, -0.2) is 0 Å². The topological polar surface area (TPSA) is 84.0 Å². The van der Waals surface area contributed by atoms with Crippen LogP contribution in [-0.4, -0.2) is 19.9 Å². The molecule has 0 saturated heterocycles. The van der Waals surface area contributed by atoms with Gasteiger partial charge in [0.15, 0.2) is 0 Å². The highest BCUT2D eigenvalue weighted by molar-refractivity contribution is 4.42. The minimum Gasteiger partial charge on any atom is -0.366 e. The summed E-state index contributed by atoms with van der Waals surface area (Å²) in [7, 11) is 0. The van der Waals surface area contributed by atoms with E-state index in [1.807, 2.05) is 0 Å². The molecule has 8 heavy (non-hydrogen) atoms. The molecule has 0 unspecified atom stereocenters. The largest absolute Gasteiger partial charge is 0.366 e. The van der Waals surface area contributed by atoms with Crippen LogP contribution in [0.2, 0.25) is 0 Å². The van der Waals surface area contributed by atoms with Crippen molar-refractivity contribution in [3.63, 3.8) is 0 Å². The molecule has 0 aromatic heterocycles. The zero-order valence-corrected chi connectivity index (χ0v) is 4.45. The van der Waals surface area contributed by atoms with E-state index in [1.165, 1.54) is 0 Å². The second kappa shape index (κ2) is 6.23. The summed E-state index contributed by atoms with van der Waals surface area (Å²) in [4.78, 5) is 2.51. The zero-order chi connectivity index (χ0) is 6.24. The van der Waals surface area contributed by atoms with Crippen LogP contribution in [0.3, 0.4) is 0 Å². The van der Waals surface area contributed by atoms with Crippen molar-refractivity contribution in [2.75, 3.05) is 19.9 Å². The van der Waals surface area contributed by atoms with Gasteiger partial charge in [-0.2, -0.15) is 0 Å². The van der Waals surface area contributed by atoms with Gasteiger partial charge in [0.1, 0.15) is 0 Å². The van der Waals surface area contributed by atoms with E-state index in [4.69, 9.17) is 11.3 Å². The molecule has 0 rings (SSSR count). The number of nitrogens with zero attached hydrogens (tertiary/aromatic N) is 3. The molecule has 0 amide bonds. The third-order valence-corrected chi connectivity index (χ3v) is 0.517.